The summed E-state index contributed by atoms with van der Waals surface area (Å²) in [7, 11) is 0. The van der Waals surface area contributed by atoms with Gasteiger partial charge in [-0.25, -0.2) is 24.4 Å². The molecule has 0 aliphatic rings. The lowest BCUT2D eigenvalue weighted by atomic mass is 10.3. The van der Waals surface area contributed by atoms with Crippen molar-refractivity contribution in [3.63, 3.8) is 0 Å². The van der Waals surface area contributed by atoms with Crippen molar-refractivity contribution in [1.29, 1.82) is 0 Å². The molecule has 134 valence electrons. The third-order valence-electron chi connectivity index (χ3n) is 2.89. The van der Waals surface area contributed by atoms with Crippen LogP contribution in [0.25, 0.3) is 5.82 Å². The number of ether oxygens (including phenoxy) is 1. The van der Waals surface area contributed by atoms with Crippen LogP contribution in [0.5, 0.6) is 5.75 Å². The summed E-state index contributed by atoms with van der Waals surface area (Å²) in [5, 5.41) is 8.83. The Morgan fingerprint density at radius 2 is 1.85 bits per heavy atom. The van der Waals surface area contributed by atoms with E-state index in [9.17, 15) is 18.0 Å². The zero-order valence-corrected chi connectivity index (χ0v) is 12.8. The third kappa shape index (κ3) is 4.66. The number of amides is 2. The van der Waals surface area contributed by atoms with E-state index in [1.54, 1.807) is 0 Å². The molecule has 3 aromatic rings. The molecule has 9 nitrogen and oxygen atoms in total. The molecule has 2 amide bonds. The average Bonchev–Trinajstić information content (AvgIpc) is 3.10. The molecule has 0 unspecified atom stereocenters. The fourth-order valence-electron chi connectivity index (χ4n) is 1.89. The number of anilines is 2. The molecule has 0 fully saturated rings. The second-order valence-corrected chi connectivity index (χ2v) is 4.75. The maximum absolute atomic E-state index is 12.1. The average molecular weight is 365 g/mol. The van der Waals surface area contributed by atoms with Crippen molar-refractivity contribution >= 4 is 17.5 Å². The zero-order valence-electron chi connectivity index (χ0n) is 12.8. The summed E-state index contributed by atoms with van der Waals surface area (Å²) >= 11 is 0. The van der Waals surface area contributed by atoms with Crippen LogP contribution in [0.15, 0.2) is 49.3 Å². The lowest BCUT2D eigenvalue weighted by Crippen LogP contribution is -2.20. The Hall–Kier alpha value is -3.70. The molecule has 1 aromatic carbocycles. The molecule has 0 saturated heterocycles. The molecule has 12 heteroatoms. The van der Waals surface area contributed by atoms with Gasteiger partial charge in [0.05, 0.1) is 0 Å². The summed E-state index contributed by atoms with van der Waals surface area (Å²) in [6.45, 7) is 0. The molecular weight excluding hydrogens is 355 g/mol. The van der Waals surface area contributed by atoms with Crippen LogP contribution < -0.4 is 15.4 Å². The topological polar surface area (TPSA) is 107 Å². The second kappa shape index (κ2) is 7.04. The minimum Gasteiger partial charge on any atom is -0.406 e. The summed E-state index contributed by atoms with van der Waals surface area (Å²) in [6.07, 6.45) is -0.790. The van der Waals surface area contributed by atoms with E-state index in [1.165, 1.54) is 41.9 Å². The maximum atomic E-state index is 12.1. The largest absolute Gasteiger partial charge is 0.573 e. The summed E-state index contributed by atoms with van der Waals surface area (Å²) < 4.78 is 41.4. The molecule has 2 N–H and O–H groups in total. The molecular formula is C14H10F3N7O2. The SMILES string of the molecule is O=C(Nc1ccc(OC(F)(F)F)cc1)Nc1cc(-n2cncn2)ncn1. The number of rotatable bonds is 4. The molecule has 26 heavy (non-hydrogen) atoms. The fourth-order valence-corrected chi connectivity index (χ4v) is 1.89. The molecule has 0 aliphatic carbocycles. The standard InChI is InChI=1S/C14H10F3N7O2/c15-14(16,17)26-10-3-1-9(2-4-10)22-13(25)23-11-5-12(20-7-19-11)24-8-18-6-21-24/h1-8H,(H2,19,20,22,23,25). The highest BCUT2D eigenvalue weighted by atomic mass is 19.4. The number of nitrogens with zero attached hydrogens (tertiary/aromatic N) is 5. The van der Waals surface area contributed by atoms with Gasteiger partial charge in [0, 0.05) is 11.8 Å². The Morgan fingerprint density at radius 1 is 1.08 bits per heavy atom. The van der Waals surface area contributed by atoms with E-state index in [0.29, 0.717) is 5.82 Å². The van der Waals surface area contributed by atoms with Gasteiger partial charge in [-0.05, 0) is 24.3 Å². The van der Waals surface area contributed by atoms with Gasteiger partial charge < -0.3 is 10.1 Å². The van der Waals surface area contributed by atoms with Crippen molar-refractivity contribution in [2.75, 3.05) is 10.6 Å². The quantitative estimate of drug-likeness (QED) is 0.736. The van der Waals surface area contributed by atoms with Crippen LogP contribution in [0.4, 0.5) is 29.5 Å². The molecule has 0 atom stereocenters. The maximum Gasteiger partial charge on any atom is 0.573 e. The molecule has 0 aliphatic heterocycles. The first-order valence-corrected chi connectivity index (χ1v) is 7.00. The number of hydrogen-bond acceptors (Lipinski definition) is 6. The highest BCUT2D eigenvalue weighted by Crippen LogP contribution is 2.24. The highest BCUT2D eigenvalue weighted by molar-refractivity contribution is 5.99. The number of carbonyl (C=O) groups excluding carboxylic acids is 1. The van der Waals surface area contributed by atoms with Gasteiger partial charge in [-0.2, -0.15) is 5.10 Å². The zero-order chi connectivity index (χ0) is 18.6. The lowest BCUT2D eigenvalue weighted by Gasteiger charge is -2.10. The van der Waals surface area contributed by atoms with Crippen molar-refractivity contribution in [3.8, 4) is 11.6 Å². The summed E-state index contributed by atoms with van der Waals surface area (Å²) in [6, 6.07) is 5.52. The Labute approximate surface area is 143 Å². The van der Waals surface area contributed by atoms with Crippen LogP contribution in [0, 0.1) is 0 Å². The predicted molar refractivity (Wildman–Crippen MR) is 82.7 cm³/mol. The van der Waals surface area contributed by atoms with Crippen molar-refractivity contribution in [2.24, 2.45) is 0 Å². The Bertz CT molecular complexity index is 882. The number of nitrogens with one attached hydrogen (secondary N) is 2. The van der Waals surface area contributed by atoms with Gasteiger partial charge in [0.1, 0.15) is 30.5 Å². The van der Waals surface area contributed by atoms with E-state index >= 15 is 0 Å². The van der Waals surface area contributed by atoms with E-state index < -0.39 is 18.1 Å². The molecule has 0 bridgehead atoms. The minimum atomic E-state index is -4.78. The summed E-state index contributed by atoms with van der Waals surface area (Å²) in [5.41, 5.74) is 0.266. The smallest absolute Gasteiger partial charge is 0.406 e. The van der Waals surface area contributed by atoms with E-state index in [1.807, 2.05) is 0 Å². The molecule has 0 spiro atoms. The van der Waals surface area contributed by atoms with Crippen LogP contribution in [-0.2, 0) is 0 Å². The molecule has 0 radical (unpaired) electrons. The fraction of sp³-hybridized carbons (Fsp3) is 0.0714. The third-order valence-corrected chi connectivity index (χ3v) is 2.89. The number of hydrogen-bond donors (Lipinski definition) is 2. The Kier molecular flexibility index (Phi) is 4.64. The predicted octanol–water partition coefficient (Wildman–Crippen LogP) is 2.60. The first-order chi connectivity index (χ1) is 12.4. The normalized spacial score (nSPS) is 11.0. The van der Waals surface area contributed by atoms with Gasteiger partial charge in [0.15, 0.2) is 5.82 Å². The number of alkyl halides is 3. The molecule has 2 aromatic heterocycles. The molecule has 0 saturated carbocycles. The van der Waals surface area contributed by atoms with E-state index in [2.05, 4.69) is 35.4 Å². The van der Waals surface area contributed by atoms with E-state index in [0.717, 1.165) is 12.1 Å². The van der Waals surface area contributed by atoms with Crippen LogP contribution >= 0.6 is 0 Å². The van der Waals surface area contributed by atoms with Crippen LogP contribution in [0.2, 0.25) is 0 Å². The van der Waals surface area contributed by atoms with Crippen LogP contribution in [-0.4, -0.2) is 37.1 Å². The number of halogens is 3. The van der Waals surface area contributed by atoms with Crippen molar-refractivity contribution < 1.29 is 22.7 Å². The van der Waals surface area contributed by atoms with Crippen LogP contribution in [0.3, 0.4) is 0 Å². The van der Waals surface area contributed by atoms with Crippen molar-refractivity contribution in [3.05, 3.63) is 49.3 Å². The second-order valence-electron chi connectivity index (χ2n) is 4.75. The minimum absolute atomic E-state index is 0.194. The first kappa shape index (κ1) is 17.1. The Morgan fingerprint density at radius 3 is 2.50 bits per heavy atom. The molecule has 2 heterocycles. The lowest BCUT2D eigenvalue weighted by molar-refractivity contribution is -0.274. The van der Waals surface area contributed by atoms with Gasteiger partial charge in [0.2, 0.25) is 0 Å². The van der Waals surface area contributed by atoms with Gasteiger partial charge >= 0.3 is 12.4 Å². The number of carbonyl (C=O) groups is 1. The van der Waals surface area contributed by atoms with Gasteiger partial charge in [-0.3, -0.25) is 5.32 Å². The molecule has 3 rings (SSSR count). The Balaban J connectivity index is 1.61. The highest BCUT2D eigenvalue weighted by Gasteiger charge is 2.30. The number of aromatic nitrogens is 5. The summed E-state index contributed by atoms with van der Waals surface area (Å²) in [4.78, 5) is 23.6. The van der Waals surface area contributed by atoms with E-state index in [4.69, 9.17) is 0 Å². The number of urea groups is 1. The van der Waals surface area contributed by atoms with Crippen molar-refractivity contribution in [2.45, 2.75) is 6.36 Å². The van der Waals surface area contributed by atoms with Gasteiger partial charge in [0.25, 0.3) is 0 Å². The van der Waals surface area contributed by atoms with Crippen LogP contribution in [0.1, 0.15) is 0 Å². The number of benzene rings is 1. The van der Waals surface area contributed by atoms with Gasteiger partial charge in [-0.15, -0.1) is 13.2 Å². The summed E-state index contributed by atoms with van der Waals surface area (Å²) in [5.74, 6) is 0.193. The first-order valence-electron chi connectivity index (χ1n) is 7.00. The van der Waals surface area contributed by atoms with E-state index in [-0.39, 0.29) is 11.5 Å². The van der Waals surface area contributed by atoms with Gasteiger partial charge in [-0.1, -0.05) is 0 Å². The monoisotopic (exact) mass is 365 g/mol. The van der Waals surface area contributed by atoms with Crippen molar-refractivity contribution in [1.82, 2.24) is 24.7 Å².